The molecule has 0 aliphatic carbocycles. The van der Waals surface area contributed by atoms with Crippen molar-refractivity contribution in [2.24, 2.45) is 0 Å². The van der Waals surface area contributed by atoms with E-state index in [0.29, 0.717) is 5.69 Å². The molecule has 0 saturated carbocycles. The minimum atomic E-state index is -3.66. The highest BCUT2D eigenvalue weighted by molar-refractivity contribution is 7.89. The summed E-state index contributed by atoms with van der Waals surface area (Å²) in [6, 6.07) is 4.16. The normalized spacial score (nSPS) is 12.9. The molecule has 1 aromatic rings. The Morgan fingerprint density at radius 3 is 2.50 bits per heavy atom. The number of carboxylic acids is 1. The second-order valence-electron chi connectivity index (χ2n) is 4.47. The van der Waals surface area contributed by atoms with Gasteiger partial charge in [0, 0.05) is 18.3 Å². The highest BCUT2D eigenvalue weighted by atomic mass is 32.2. The molecule has 0 fully saturated rings. The summed E-state index contributed by atoms with van der Waals surface area (Å²) in [5.41, 5.74) is 0.367. The lowest BCUT2D eigenvalue weighted by molar-refractivity contribution is 0.0697. The van der Waals surface area contributed by atoms with Gasteiger partial charge in [-0.25, -0.2) is 17.9 Å². The SMILES string of the molecule is CCNS(=O)(=O)c1ccc(N[C@@H](C)CC)c(C(=O)O)c1. The molecule has 0 heterocycles. The quantitative estimate of drug-likeness (QED) is 0.714. The third-order valence-corrected chi connectivity index (χ3v) is 4.42. The van der Waals surface area contributed by atoms with Crippen molar-refractivity contribution in [2.75, 3.05) is 11.9 Å². The van der Waals surface area contributed by atoms with E-state index >= 15 is 0 Å². The van der Waals surface area contributed by atoms with Gasteiger partial charge in [0.15, 0.2) is 0 Å². The largest absolute Gasteiger partial charge is 0.478 e. The monoisotopic (exact) mass is 300 g/mol. The molecule has 3 N–H and O–H groups in total. The minimum Gasteiger partial charge on any atom is -0.478 e. The van der Waals surface area contributed by atoms with Crippen LogP contribution in [0.2, 0.25) is 0 Å². The zero-order valence-corrected chi connectivity index (χ0v) is 12.6. The van der Waals surface area contributed by atoms with Crippen LogP contribution in [0.3, 0.4) is 0 Å². The van der Waals surface area contributed by atoms with Gasteiger partial charge < -0.3 is 10.4 Å². The third kappa shape index (κ3) is 3.94. The summed E-state index contributed by atoms with van der Waals surface area (Å²) >= 11 is 0. The van der Waals surface area contributed by atoms with E-state index in [2.05, 4.69) is 10.0 Å². The van der Waals surface area contributed by atoms with E-state index in [4.69, 9.17) is 0 Å². The van der Waals surface area contributed by atoms with Crippen LogP contribution < -0.4 is 10.0 Å². The predicted molar refractivity (Wildman–Crippen MR) is 77.6 cm³/mol. The van der Waals surface area contributed by atoms with Gasteiger partial charge in [0.05, 0.1) is 10.5 Å². The van der Waals surface area contributed by atoms with Crippen LogP contribution in [0, 0.1) is 0 Å². The lowest BCUT2D eigenvalue weighted by Crippen LogP contribution is -2.24. The molecule has 0 aliphatic rings. The number of hydrogen-bond donors (Lipinski definition) is 3. The molecule has 0 saturated heterocycles. The van der Waals surface area contributed by atoms with Crippen molar-refractivity contribution in [3.8, 4) is 0 Å². The number of anilines is 1. The lowest BCUT2D eigenvalue weighted by Gasteiger charge is -2.16. The Kier molecular flexibility index (Phi) is 5.52. The first-order valence-electron chi connectivity index (χ1n) is 6.45. The molecule has 0 aromatic heterocycles. The second-order valence-corrected chi connectivity index (χ2v) is 6.23. The van der Waals surface area contributed by atoms with Crippen molar-refractivity contribution in [3.63, 3.8) is 0 Å². The summed E-state index contributed by atoms with van der Waals surface area (Å²) in [5, 5.41) is 12.3. The first-order valence-corrected chi connectivity index (χ1v) is 7.93. The molecule has 1 aromatic carbocycles. The minimum absolute atomic E-state index is 0.0496. The van der Waals surface area contributed by atoms with Crippen LogP contribution in [-0.2, 0) is 10.0 Å². The van der Waals surface area contributed by atoms with Crippen molar-refractivity contribution >= 4 is 21.7 Å². The number of hydrogen-bond acceptors (Lipinski definition) is 4. The zero-order valence-electron chi connectivity index (χ0n) is 11.8. The molecule has 0 radical (unpaired) electrons. The summed E-state index contributed by atoms with van der Waals surface area (Å²) in [5.74, 6) is -1.16. The summed E-state index contributed by atoms with van der Waals surface area (Å²) in [4.78, 5) is 11.2. The number of carboxylic acid groups (broad SMARTS) is 1. The van der Waals surface area contributed by atoms with Gasteiger partial charge in [-0.3, -0.25) is 0 Å². The second kappa shape index (κ2) is 6.71. The van der Waals surface area contributed by atoms with E-state index in [0.717, 1.165) is 6.42 Å². The van der Waals surface area contributed by atoms with Crippen LogP contribution in [0.25, 0.3) is 0 Å². The number of carbonyl (C=O) groups is 1. The van der Waals surface area contributed by atoms with Crippen molar-refractivity contribution in [3.05, 3.63) is 23.8 Å². The molecule has 0 amide bonds. The van der Waals surface area contributed by atoms with E-state index in [-0.39, 0.29) is 23.0 Å². The van der Waals surface area contributed by atoms with E-state index in [1.807, 2.05) is 13.8 Å². The molecule has 1 atom stereocenters. The molecule has 0 bridgehead atoms. The van der Waals surface area contributed by atoms with Crippen molar-refractivity contribution < 1.29 is 18.3 Å². The number of benzene rings is 1. The van der Waals surface area contributed by atoms with Gasteiger partial charge >= 0.3 is 5.97 Å². The molecule has 0 spiro atoms. The fraction of sp³-hybridized carbons (Fsp3) is 0.462. The summed E-state index contributed by atoms with van der Waals surface area (Å²) in [7, 11) is -3.66. The van der Waals surface area contributed by atoms with Crippen LogP contribution in [0.15, 0.2) is 23.1 Å². The van der Waals surface area contributed by atoms with Gasteiger partial charge in [-0.2, -0.15) is 0 Å². The fourth-order valence-electron chi connectivity index (χ4n) is 1.63. The highest BCUT2D eigenvalue weighted by Gasteiger charge is 2.18. The van der Waals surface area contributed by atoms with Crippen LogP contribution in [-0.4, -0.2) is 32.1 Å². The number of nitrogens with one attached hydrogen (secondary N) is 2. The number of rotatable bonds is 7. The summed E-state index contributed by atoms with van der Waals surface area (Å²) in [6.07, 6.45) is 0.830. The first kappa shape index (κ1) is 16.5. The van der Waals surface area contributed by atoms with Gasteiger partial charge in [0.25, 0.3) is 0 Å². The molecule has 7 heteroatoms. The average molecular weight is 300 g/mol. The maximum atomic E-state index is 11.9. The highest BCUT2D eigenvalue weighted by Crippen LogP contribution is 2.21. The maximum absolute atomic E-state index is 11.9. The van der Waals surface area contributed by atoms with Crippen molar-refractivity contribution in [1.82, 2.24) is 4.72 Å². The van der Waals surface area contributed by atoms with Gasteiger partial charge in [0.1, 0.15) is 0 Å². The topological polar surface area (TPSA) is 95.5 Å². The predicted octanol–water partition coefficient (Wildman–Crippen LogP) is 1.89. The Balaban J connectivity index is 3.23. The third-order valence-electron chi connectivity index (χ3n) is 2.88. The van der Waals surface area contributed by atoms with Crippen molar-refractivity contribution in [1.29, 1.82) is 0 Å². The molecule has 6 nitrogen and oxygen atoms in total. The Morgan fingerprint density at radius 2 is 2.00 bits per heavy atom. The summed E-state index contributed by atoms with van der Waals surface area (Å²) < 4.78 is 26.1. The average Bonchev–Trinajstić information content (AvgIpc) is 2.38. The molecule has 20 heavy (non-hydrogen) atoms. The first-order chi connectivity index (χ1) is 9.31. The zero-order chi connectivity index (χ0) is 15.3. The van der Waals surface area contributed by atoms with Gasteiger partial charge in [-0.15, -0.1) is 0 Å². The smallest absolute Gasteiger partial charge is 0.337 e. The van der Waals surface area contributed by atoms with Gasteiger partial charge in [-0.05, 0) is 31.5 Å². The molecule has 112 valence electrons. The summed E-state index contributed by atoms with van der Waals surface area (Å²) in [6.45, 7) is 5.81. The Labute approximate surface area is 119 Å². The molecule has 0 unspecified atom stereocenters. The van der Waals surface area contributed by atoms with E-state index in [9.17, 15) is 18.3 Å². The van der Waals surface area contributed by atoms with E-state index in [1.165, 1.54) is 18.2 Å². The number of sulfonamides is 1. The molecule has 0 aliphatic heterocycles. The Morgan fingerprint density at radius 1 is 1.35 bits per heavy atom. The Bertz CT molecular complexity index is 584. The molecular weight excluding hydrogens is 280 g/mol. The van der Waals surface area contributed by atoms with E-state index < -0.39 is 16.0 Å². The fourth-order valence-corrected chi connectivity index (χ4v) is 2.70. The molecule has 1 rings (SSSR count). The van der Waals surface area contributed by atoms with Crippen LogP contribution in [0.5, 0.6) is 0 Å². The maximum Gasteiger partial charge on any atom is 0.337 e. The van der Waals surface area contributed by atoms with Crippen LogP contribution in [0.4, 0.5) is 5.69 Å². The van der Waals surface area contributed by atoms with Crippen LogP contribution >= 0.6 is 0 Å². The van der Waals surface area contributed by atoms with Crippen LogP contribution in [0.1, 0.15) is 37.6 Å². The van der Waals surface area contributed by atoms with E-state index in [1.54, 1.807) is 6.92 Å². The van der Waals surface area contributed by atoms with Crippen molar-refractivity contribution in [2.45, 2.75) is 38.1 Å². The van der Waals surface area contributed by atoms with Gasteiger partial charge in [-0.1, -0.05) is 13.8 Å². The van der Waals surface area contributed by atoms with Gasteiger partial charge in [0.2, 0.25) is 10.0 Å². The standard InChI is InChI=1S/C13H20N2O4S/c1-4-9(3)15-12-7-6-10(8-11(12)13(16)17)20(18,19)14-5-2/h6-9,14-15H,4-5H2,1-3H3,(H,16,17)/t9-/m0/s1. The molecular formula is C13H20N2O4S. The lowest BCUT2D eigenvalue weighted by atomic mass is 10.1. The Hall–Kier alpha value is -1.60. The number of aromatic carboxylic acids is 1.